The summed E-state index contributed by atoms with van der Waals surface area (Å²) in [6.45, 7) is 8.47. The van der Waals surface area contributed by atoms with Crippen LogP contribution in [0.5, 0.6) is 0 Å². The molecule has 160 valence electrons. The van der Waals surface area contributed by atoms with E-state index in [1.807, 2.05) is 37.3 Å². The Kier molecular flexibility index (Phi) is 11.8. The van der Waals surface area contributed by atoms with E-state index in [-0.39, 0.29) is 18.1 Å². The maximum Gasteiger partial charge on any atom is 0.191 e. The third-order valence-corrected chi connectivity index (χ3v) is 6.03. The van der Waals surface area contributed by atoms with Gasteiger partial charge in [0.05, 0.1) is 11.5 Å². The smallest absolute Gasteiger partial charge is 0.191 e. The molecule has 0 aliphatic heterocycles. The lowest BCUT2D eigenvalue weighted by atomic mass is 9.94. The summed E-state index contributed by atoms with van der Waals surface area (Å²) >= 11 is 0. The van der Waals surface area contributed by atoms with Crippen molar-refractivity contribution < 1.29 is 13.5 Å². The molecule has 3 N–H and O–H groups in total. The molecule has 0 spiro atoms. The number of benzene rings is 1. The van der Waals surface area contributed by atoms with Crippen molar-refractivity contribution in [3.05, 3.63) is 35.9 Å². The summed E-state index contributed by atoms with van der Waals surface area (Å²) in [5, 5.41) is 15.7. The van der Waals surface area contributed by atoms with Crippen LogP contribution in [0.1, 0.15) is 45.6 Å². The quantitative estimate of drug-likeness (QED) is 0.264. The van der Waals surface area contributed by atoms with Crippen LogP contribution in [-0.4, -0.2) is 51.5 Å². The Morgan fingerprint density at radius 3 is 2.50 bits per heavy atom. The first-order valence-electron chi connectivity index (χ1n) is 10.2. The average Bonchev–Trinajstić information content (AvgIpc) is 2.63. The van der Waals surface area contributed by atoms with E-state index in [2.05, 4.69) is 29.5 Å². The molecule has 0 saturated heterocycles. The van der Waals surface area contributed by atoms with Crippen molar-refractivity contribution >= 4 is 15.8 Å². The Bertz CT molecular complexity index is 661. The fourth-order valence-corrected chi connectivity index (χ4v) is 4.52. The Morgan fingerprint density at radius 1 is 1.18 bits per heavy atom. The molecule has 0 heterocycles. The lowest BCUT2D eigenvalue weighted by Gasteiger charge is -2.17. The van der Waals surface area contributed by atoms with Gasteiger partial charge in [0.25, 0.3) is 0 Å². The van der Waals surface area contributed by atoms with Crippen LogP contribution in [0.3, 0.4) is 0 Å². The van der Waals surface area contributed by atoms with E-state index in [1.54, 1.807) is 0 Å². The molecule has 7 heteroatoms. The van der Waals surface area contributed by atoms with Gasteiger partial charge >= 0.3 is 0 Å². The zero-order valence-corrected chi connectivity index (χ0v) is 18.3. The fourth-order valence-electron chi connectivity index (χ4n) is 3.09. The molecule has 1 unspecified atom stereocenters. The van der Waals surface area contributed by atoms with E-state index >= 15 is 0 Å². The van der Waals surface area contributed by atoms with E-state index in [0.29, 0.717) is 37.3 Å². The molecule has 0 amide bonds. The van der Waals surface area contributed by atoms with Crippen molar-refractivity contribution in [3.63, 3.8) is 0 Å². The molecular weight excluding hydrogens is 374 g/mol. The number of hydrogen-bond donors (Lipinski definition) is 3. The predicted molar refractivity (Wildman–Crippen MR) is 117 cm³/mol. The topological polar surface area (TPSA) is 90.8 Å². The fraction of sp³-hybridized carbons (Fsp3) is 0.667. The maximum absolute atomic E-state index is 12.3. The lowest BCUT2D eigenvalue weighted by Crippen LogP contribution is -2.38. The lowest BCUT2D eigenvalue weighted by molar-refractivity contribution is 0.245. The molecular formula is C21H37N3O3S. The summed E-state index contributed by atoms with van der Waals surface area (Å²) in [6, 6.07) is 9.27. The molecule has 0 aliphatic carbocycles. The van der Waals surface area contributed by atoms with Gasteiger partial charge in [-0.15, -0.1) is 0 Å². The van der Waals surface area contributed by atoms with Crippen LogP contribution in [0, 0.1) is 11.8 Å². The highest BCUT2D eigenvalue weighted by Gasteiger charge is 2.13. The second-order valence-corrected chi connectivity index (χ2v) is 9.77. The van der Waals surface area contributed by atoms with Gasteiger partial charge in [-0.3, -0.25) is 4.99 Å². The van der Waals surface area contributed by atoms with E-state index in [4.69, 9.17) is 0 Å². The minimum atomic E-state index is -3.12. The van der Waals surface area contributed by atoms with E-state index in [1.165, 1.54) is 0 Å². The molecule has 0 saturated carbocycles. The van der Waals surface area contributed by atoms with Gasteiger partial charge in [0.1, 0.15) is 0 Å². The van der Waals surface area contributed by atoms with E-state index in [9.17, 15) is 13.5 Å². The van der Waals surface area contributed by atoms with Gasteiger partial charge in [0.15, 0.2) is 15.8 Å². The van der Waals surface area contributed by atoms with Gasteiger partial charge in [0.2, 0.25) is 0 Å². The largest absolute Gasteiger partial charge is 0.396 e. The molecule has 0 bridgehead atoms. The minimum Gasteiger partial charge on any atom is -0.396 e. The number of aliphatic hydroxyl groups is 1. The van der Waals surface area contributed by atoms with Crippen LogP contribution in [0.4, 0.5) is 0 Å². The molecule has 28 heavy (non-hydrogen) atoms. The highest BCUT2D eigenvalue weighted by atomic mass is 32.2. The van der Waals surface area contributed by atoms with Crippen LogP contribution in [0.15, 0.2) is 35.3 Å². The third kappa shape index (κ3) is 11.3. The van der Waals surface area contributed by atoms with Crippen LogP contribution >= 0.6 is 0 Å². The van der Waals surface area contributed by atoms with Crippen LogP contribution in [0.25, 0.3) is 0 Å². The number of nitrogens with zero attached hydrogens (tertiary/aromatic N) is 1. The van der Waals surface area contributed by atoms with E-state index in [0.717, 1.165) is 24.9 Å². The molecule has 0 aromatic heterocycles. The number of guanidine groups is 1. The van der Waals surface area contributed by atoms with Crippen molar-refractivity contribution in [2.24, 2.45) is 16.8 Å². The van der Waals surface area contributed by atoms with Gasteiger partial charge in [-0.25, -0.2) is 8.42 Å². The third-order valence-electron chi connectivity index (χ3n) is 4.35. The number of aliphatic hydroxyl groups excluding tert-OH is 1. The van der Waals surface area contributed by atoms with Crippen molar-refractivity contribution in [2.75, 3.05) is 32.0 Å². The number of hydrogen-bond acceptors (Lipinski definition) is 4. The van der Waals surface area contributed by atoms with Gasteiger partial charge in [-0.2, -0.15) is 0 Å². The number of sulfone groups is 1. The van der Waals surface area contributed by atoms with Gasteiger partial charge in [-0.05, 0) is 43.6 Å². The second-order valence-electron chi connectivity index (χ2n) is 7.59. The Hall–Kier alpha value is -1.60. The van der Waals surface area contributed by atoms with Crippen molar-refractivity contribution in [1.29, 1.82) is 0 Å². The zero-order valence-electron chi connectivity index (χ0n) is 17.5. The van der Waals surface area contributed by atoms with Gasteiger partial charge < -0.3 is 15.7 Å². The first-order chi connectivity index (χ1) is 13.4. The molecule has 1 aromatic rings. The van der Waals surface area contributed by atoms with Crippen LogP contribution in [-0.2, 0) is 15.6 Å². The standard InChI is InChI=1S/C21H37N3O3S/c1-4-22-21(24-16-20(11-13-25)15-18(2)3)23-12-8-14-28(26,27)17-19-9-6-5-7-10-19/h5-7,9-10,18,20,25H,4,8,11-17H2,1-3H3,(H2,22,23,24). The summed E-state index contributed by atoms with van der Waals surface area (Å²) in [5.41, 5.74) is 0.824. The van der Waals surface area contributed by atoms with Crippen molar-refractivity contribution in [2.45, 2.75) is 45.8 Å². The number of nitrogens with one attached hydrogen (secondary N) is 2. The predicted octanol–water partition coefficient (Wildman–Crippen LogP) is 2.59. The Morgan fingerprint density at radius 2 is 1.89 bits per heavy atom. The van der Waals surface area contributed by atoms with Crippen LogP contribution in [0.2, 0.25) is 0 Å². The SMILES string of the molecule is CCNC(=NCC(CCO)CC(C)C)NCCCS(=O)(=O)Cc1ccccc1. The number of aliphatic imine (C=N–C) groups is 1. The highest BCUT2D eigenvalue weighted by molar-refractivity contribution is 7.90. The molecule has 1 rings (SSSR count). The average molecular weight is 412 g/mol. The first-order valence-corrected chi connectivity index (χ1v) is 12.1. The highest BCUT2D eigenvalue weighted by Crippen LogP contribution is 2.15. The molecule has 1 atom stereocenters. The van der Waals surface area contributed by atoms with Crippen molar-refractivity contribution in [1.82, 2.24) is 10.6 Å². The summed E-state index contributed by atoms with van der Waals surface area (Å²) in [4.78, 5) is 4.62. The van der Waals surface area contributed by atoms with Crippen LogP contribution < -0.4 is 10.6 Å². The van der Waals surface area contributed by atoms with E-state index < -0.39 is 9.84 Å². The molecule has 6 nitrogen and oxygen atoms in total. The Labute approximate surface area is 170 Å². The first kappa shape index (κ1) is 24.4. The second kappa shape index (κ2) is 13.6. The zero-order chi connectivity index (χ0) is 20.8. The summed E-state index contributed by atoms with van der Waals surface area (Å²) < 4.78 is 24.5. The normalized spacial score (nSPS) is 13.5. The maximum atomic E-state index is 12.3. The number of rotatable bonds is 13. The minimum absolute atomic E-state index is 0.0834. The summed E-state index contributed by atoms with van der Waals surface area (Å²) in [5.74, 6) is 1.85. The van der Waals surface area contributed by atoms with Crippen molar-refractivity contribution in [3.8, 4) is 0 Å². The molecule has 1 aromatic carbocycles. The van der Waals surface area contributed by atoms with Gasteiger partial charge in [0, 0.05) is 26.2 Å². The summed E-state index contributed by atoms with van der Waals surface area (Å²) in [7, 11) is -3.12. The Balaban J connectivity index is 2.47. The molecule has 0 fully saturated rings. The monoisotopic (exact) mass is 411 g/mol. The summed E-state index contributed by atoms with van der Waals surface area (Å²) in [6.07, 6.45) is 2.31. The molecule has 0 aliphatic rings. The molecule has 0 radical (unpaired) electrons. The van der Waals surface area contributed by atoms with Gasteiger partial charge in [-0.1, -0.05) is 44.2 Å².